The van der Waals surface area contributed by atoms with Gasteiger partial charge in [0.1, 0.15) is 6.04 Å². The number of guanidine groups is 1. The second kappa shape index (κ2) is 6.41. The zero-order chi connectivity index (χ0) is 12.8. The van der Waals surface area contributed by atoms with Gasteiger partial charge in [0.25, 0.3) is 0 Å². The third kappa shape index (κ3) is 3.86. The molecule has 1 heterocycles. The maximum atomic E-state index is 11.7. The Bertz CT molecular complexity index is 294. The van der Waals surface area contributed by atoms with Gasteiger partial charge in [-0.25, -0.2) is 10.8 Å². The molecule has 0 spiro atoms. The Balaban J connectivity index is 2.57. The number of nitrogens with zero attached hydrogens (tertiary/aromatic N) is 2. The fourth-order valence-electron chi connectivity index (χ4n) is 1.72. The van der Waals surface area contributed by atoms with Crippen LogP contribution in [-0.2, 0) is 9.53 Å². The number of hydrogen-bond acceptors (Lipinski definition) is 4. The Morgan fingerprint density at radius 2 is 2.47 bits per heavy atom. The number of carbonyl (C=O) groups excluding carboxylic acids is 1. The minimum atomic E-state index is -0.340. The highest BCUT2D eigenvalue weighted by atomic mass is 16.5. The molecule has 1 aliphatic heterocycles. The second-order valence-electron chi connectivity index (χ2n) is 4.19. The fourth-order valence-corrected chi connectivity index (χ4v) is 1.72. The van der Waals surface area contributed by atoms with Gasteiger partial charge in [0.15, 0.2) is 0 Å². The van der Waals surface area contributed by atoms with Crippen LogP contribution in [0.5, 0.6) is 0 Å². The number of carbonyl (C=O) groups is 1. The van der Waals surface area contributed by atoms with Gasteiger partial charge in [0, 0.05) is 26.7 Å². The summed E-state index contributed by atoms with van der Waals surface area (Å²) in [4.78, 5) is 17.6. The number of amides is 1. The van der Waals surface area contributed by atoms with Crippen LogP contribution in [0.1, 0.15) is 13.3 Å². The largest absolute Gasteiger partial charge is 0.383 e. The van der Waals surface area contributed by atoms with E-state index in [4.69, 9.17) is 10.6 Å². The van der Waals surface area contributed by atoms with Crippen molar-refractivity contribution in [3.63, 3.8) is 0 Å². The van der Waals surface area contributed by atoms with Crippen LogP contribution in [0, 0.1) is 0 Å². The zero-order valence-corrected chi connectivity index (χ0v) is 10.6. The molecule has 0 bridgehead atoms. The molecule has 0 aromatic heterocycles. The standard InChI is InChI=1S/C10H21N5O2/c1-7(6-17-3)12-10(14-11)13-8-4-5-15(2)9(8)16/h7-8H,4-6,11H2,1-3H3,(H2,12,13,14). The molecule has 7 heteroatoms. The van der Waals surface area contributed by atoms with Gasteiger partial charge < -0.3 is 15.0 Å². The van der Waals surface area contributed by atoms with Crippen LogP contribution in [-0.4, -0.2) is 56.2 Å². The summed E-state index contributed by atoms with van der Waals surface area (Å²) in [5.74, 6) is 5.81. The van der Waals surface area contributed by atoms with E-state index in [2.05, 4.69) is 15.7 Å². The first-order valence-electron chi connectivity index (χ1n) is 5.63. The molecule has 7 nitrogen and oxygen atoms in total. The van der Waals surface area contributed by atoms with Gasteiger partial charge in [-0.15, -0.1) is 0 Å². The molecule has 0 aromatic carbocycles. The Morgan fingerprint density at radius 3 is 2.94 bits per heavy atom. The molecular weight excluding hydrogens is 222 g/mol. The number of nitrogens with two attached hydrogens (primary N) is 1. The highest BCUT2D eigenvalue weighted by Gasteiger charge is 2.29. The van der Waals surface area contributed by atoms with Crippen LogP contribution in [0.15, 0.2) is 4.99 Å². The molecule has 0 saturated carbocycles. The minimum Gasteiger partial charge on any atom is -0.383 e. The van der Waals surface area contributed by atoms with Crippen molar-refractivity contribution < 1.29 is 9.53 Å². The van der Waals surface area contributed by atoms with Gasteiger partial charge in [0.05, 0.1) is 6.61 Å². The summed E-state index contributed by atoms with van der Waals surface area (Å²) < 4.78 is 5.00. The molecule has 2 unspecified atom stereocenters. The monoisotopic (exact) mass is 243 g/mol. The van der Waals surface area contributed by atoms with Crippen molar-refractivity contribution >= 4 is 11.9 Å². The van der Waals surface area contributed by atoms with Gasteiger partial charge in [-0.05, 0) is 13.3 Å². The van der Waals surface area contributed by atoms with E-state index >= 15 is 0 Å². The van der Waals surface area contributed by atoms with Crippen molar-refractivity contribution in [2.24, 2.45) is 10.8 Å². The SMILES string of the molecule is COCC(C)NC(=NC1CCN(C)C1=O)NN. The van der Waals surface area contributed by atoms with Crippen LogP contribution in [0.4, 0.5) is 0 Å². The molecule has 1 fully saturated rings. The second-order valence-corrected chi connectivity index (χ2v) is 4.19. The molecule has 0 aliphatic carbocycles. The number of hydrazine groups is 1. The molecule has 0 aromatic rings. The van der Waals surface area contributed by atoms with Crippen molar-refractivity contribution in [3.05, 3.63) is 0 Å². The smallest absolute Gasteiger partial charge is 0.247 e. The topological polar surface area (TPSA) is 92.0 Å². The summed E-state index contributed by atoms with van der Waals surface area (Å²) in [7, 11) is 3.40. The van der Waals surface area contributed by atoms with Crippen molar-refractivity contribution in [2.75, 3.05) is 27.3 Å². The number of rotatable bonds is 4. The summed E-state index contributed by atoms with van der Waals surface area (Å²) in [5.41, 5.74) is 2.47. The van der Waals surface area contributed by atoms with E-state index in [1.54, 1.807) is 19.1 Å². The molecule has 2 atom stereocenters. The number of hydrogen-bond donors (Lipinski definition) is 3. The van der Waals surface area contributed by atoms with Crippen molar-refractivity contribution in [1.82, 2.24) is 15.6 Å². The Labute approximate surface area is 101 Å². The lowest BCUT2D eigenvalue weighted by atomic mass is 10.3. The van der Waals surface area contributed by atoms with Crippen LogP contribution >= 0.6 is 0 Å². The summed E-state index contributed by atoms with van der Waals surface area (Å²) >= 11 is 0. The van der Waals surface area contributed by atoms with Gasteiger partial charge in [0.2, 0.25) is 11.9 Å². The van der Waals surface area contributed by atoms with E-state index in [9.17, 15) is 4.79 Å². The van der Waals surface area contributed by atoms with Gasteiger partial charge >= 0.3 is 0 Å². The number of nitrogens with one attached hydrogen (secondary N) is 2. The molecular formula is C10H21N5O2. The highest BCUT2D eigenvalue weighted by molar-refractivity contribution is 5.88. The molecule has 1 saturated heterocycles. The zero-order valence-electron chi connectivity index (χ0n) is 10.6. The first kappa shape index (κ1) is 13.7. The number of methoxy groups -OCH3 is 1. The summed E-state index contributed by atoms with van der Waals surface area (Å²) in [6.45, 7) is 3.22. The normalized spacial score (nSPS) is 22.8. The van der Waals surface area contributed by atoms with Crippen LogP contribution in [0.25, 0.3) is 0 Å². The first-order chi connectivity index (χ1) is 8.08. The van der Waals surface area contributed by atoms with Crippen LogP contribution in [0.3, 0.4) is 0 Å². The third-order valence-electron chi connectivity index (χ3n) is 2.62. The number of ether oxygens (including phenoxy) is 1. The molecule has 17 heavy (non-hydrogen) atoms. The van der Waals surface area contributed by atoms with Gasteiger partial charge in [-0.3, -0.25) is 10.2 Å². The van der Waals surface area contributed by atoms with Crippen molar-refractivity contribution in [1.29, 1.82) is 0 Å². The molecule has 4 N–H and O–H groups in total. The first-order valence-corrected chi connectivity index (χ1v) is 5.63. The lowest BCUT2D eigenvalue weighted by Crippen LogP contribution is -2.47. The third-order valence-corrected chi connectivity index (χ3v) is 2.62. The summed E-state index contributed by atoms with van der Waals surface area (Å²) in [6.07, 6.45) is 0.723. The summed E-state index contributed by atoms with van der Waals surface area (Å²) in [5, 5.41) is 3.05. The molecule has 98 valence electrons. The van der Waals surface area contributed by atoms with E-state index in [1.807, 2.05) is 6.92 Å². The number of likely N-dealkylation sites (tertiary alicyclic amines) is 1. The van der Waals surface area contributed by atoms with Crippen LogP contribution < -0.4 is 16.6 Å². The maximum Gasteiger partial charge on any atom is 0.247 e. The van der Waals surface area contributed by atoms with Crippen molar-refractivity contribution in [2.45, 2.75) is 25.4 Å². The molecule has 1 rings (SSSR count). The van der Waals surface area contributed by atoms with Gasteiger partial charge in [-0.1, -0.05) is 0 Å². The Morgan fingerprint density at radius 1 is 1.76 bits per heavy atom. The molecule has 0 radical (unpaired) electrons. The maximum absolute atomic E-state index is 11.7. The lowest BCUT2D eigenvalue weighted by Gasteiger charge is -2.16. The van der Waals surface area contributed by atoms with Crippen LogP contribution in [0.2, 0.25) is 0 Å². The van der Waals surface area contributed by atoms with Crippen molar-refractivity contribution in [3.8, 4) is 0 Å². The number of aliphatic imine (C=N–C) groups is 1. The van der Waals surface area contributed by atoms with E-state index in [1.165, 1.54) is 0 Å². The van der Waals surface area contributed by atoms with E-state index in [0.29, 0.717) is 12.6 Å². The lowest BCUT2D eigenvalue weighted by molar-refractivity contribution is -0.127. The van der Waals surface area contributed by atoms with E-state index < -0.39 is 0 Å². The molecule has 1 amide bonds. The average Bonchev–Trinajstić information content (AvgIpc) is 2.60. The quantitative estimate of drug-likeness (QED) is 0.246. The molecule has 1 aliphatic rings. The minimum absolute atomic E-state index is 0.0268. The predicted molar refractivity (Wildman–Crippen MR) is 65.3 cm³/mol. The Kier molecular flexibility index (Phi) is 5.17. The van der Waals surface area contributed by atoms with E-state index in [-0.39, 0.29) is 18.0 Å². The number of likely N-dealkylation sites (N-methyl/N-ethyl adjacent to an activating group) is 1. The fraction of sp³-hybridized carbons (Fsp3) is 0.800. The van der Waals surface area contributed by atoms with E-state index in [0.717, 1.165) is 13.0 Å². The average molecular weight is 243 g/mol. The highest BCUT2D eigenvalue weighted by Crippen LogP contribution is 2.11. The summed E-state index contributed by atoms with van der Waals surface area (Å²) in [6, 6.07) is -0.266. The Hall–Kier alpha value is -1.34. The predicted octanol–water partition coefficient (Wildman–Crippen LogP) is -1.34. The van der Waals surface area contributed by atoms with Gasteiger partial charge in [-0.2, -0.15) is 0 Å².